The lowest BCUT2D eigenvalue weighted by molar-refractivity contribution is -0.131. The van der Waals surface area contributed by atoms with Crippen LogP contribution in [-0.2, 0) is 9.53 Å². The van der Waals surface area contributed by atoms with E-state index in [1.807, 2.05) is 0 Å². The van der Waals surface area contributed by atoms with Crippen molar-refractivity contribution < 1.29 is 9.53 Å². The van der Waals surface area contributed by atoms with Gasteiger partial charge >= 0.3 is 0 Å². The number of hydrogen-bond acceptors (Lipinski definition) is 2. The molecule has 2 atom stereocenters. The summed E-state index contributed by atoms with van der Waals surface area (Å²) in [7, 11) is 0. The number of hydrogen-bond donors (Lipinski definition) is 0. The van der Waals surface area contributed by atoms with Gasteiger partial charge in [-0.3, -0.25) is 4.79 Å². The van der Waals surface area contributed by atoms with Gasteiger partial charge in [-0.05, 0) is 0 Å². The molecular formula is C6H8O2. The molecule has 0 unspecified atom stereocenters. The van der Waals surface area contributed by atoms with Gasteiger partial charge in [-0.25, -0.2) is 0 Å². The Labute approximate surface area is 47.8 Å². The Morgan fingerprint density at radius 2 is 2.38 bits per heavy atom. The lowest BCUT2D eigenvalue weighted by Crippen LogP contribution is -2.35. The maximum absolute atomic E-state index is 10.6. The summed E-state index contributed by atoms with van der Waals surface area (Å²) >= 11 is 0. The highest BCUT2D eigenvalue weighted by Crippen LogP contribution is 2.35. The largest absolute Gasteiger partial charge is 0.380 e. The summed E-state index contributed by atoms with van der Waals surface area (Å²) in [6.07, 6.45) is 0.782. The summed E-state index contributed by atoms with van der Waals surface area (Å²) in [6.45, 7) is 1.53. The van der Waals surface area contributed by atoms with Crippen molar-refractivity contribution in [2.24, 2.45) is 11.8 Å². The molecule has 1 heterocycles. The minimum absolute atomic E-state index is 0.301. The van der Waals surface area contributed by atoms with E-state index in [1.54, 1.807) is 0 Å². The summed E-state index contributed by atoms with van der Waals surface area (Å²) in [5.41, 5.74) is 0. The second-order valence-electron chi connectivity index (χ2n) is 2.57. The number of carbonyl (C=O) groups excluding carboxylic acids is 1. The number of rotatable bonds is 0. The van der Waals surface area contributed by atoms with Crippen LogP contribution < -0.4 is 0 Å². The van der Waals surface area contributed by atoms with E-state index in [4.69, 9.17) is 4.74 Å². The Morgan fingerprint density at radius 3 is 2.88 bits per heavy atom. The first kappa shape index (κ1) is 4.50. The first-order valence-electron chi connectivity index (χ1n) is 2.98. The lowest BCUT2D eigenvalue weighted by Gasteiger charge is -2.25. The monoisotopic (exact) mass is 112 g/mol. The summed E-state index contributed by atoms with van der Waals surface area (Å²) in [5.74, 6) is 1.31. The van der Waals surface area contributed by atoms with Crippen molar-refractivity contribution in [3.8, 4) is 0 Å². The molecule has 0 spiro atoms. The smallest absolute Gasteiger partial charge is 0.139 e. The first-order valence-corrected chi connectivity index (χ1v) is 2.98. The minimum atomic E-state index is 0.301. The molecule has 1 saturated carbocycles. The molecule has 2 heteroatoms. The van der Waals surface area contributed by atoms with Crippen LogP contribution in [-0.4, -0.2) is 19.0 Å². The molecule has 2 fully saturated rings. The molecule has 2 nitrogen and oxygen atoms in total. The molecule has 0 aromatic heterocycles. The van der Waals surface area contributed by atoms with Crippen molar-refractivity contribution in [1.29, 1.82) is 0 Å². The van der Waals surface area contributed by atoms with Gasteiger partial charge in [-0.15, -0.1) is 0 Å². The number of ether oxygens (including phenoxy) is 1. The first-order chi connectivity index (χ1) is 3.88. The molecule has 1 aliphatic heterocycles. The van der Waals surface area contributed by atoms with Crippen LogP contribution >= 0.6 is 0 Å². The third-order valence-corrected chi connectivity index (χ3v) is 2.08. The SMILES string of the molecule is O=C1C[C@@H]2COC[C@H]12. The Balaban J connectivity index is 2.11. The summed E-state index contributed by atoms with van der Waals surface area (Å²) in [5, 5.41) is 0. The molecule has 1 aliphatic carbocycles. The molecular weight excluding hydrogens is 104 g/mol. The van der Waals surface area contributed by atoms with Gasteiger partial charge in [-0.2, -0.15) is 0 Å². The fraction of sp³-hybridized carbons (Fsp3) is 0.833. The highest BCUT2D eigenvalue weighted by molar-refractivity contribution is 5.87. The van der Waals surface area contributed by atoms with E-state index < -0.39 is 0 Å². The van der Waals surface area contributed by atoms with Crippen LogP contribution in [0.4, 0.5) is 0 Å². The van der Waals surface area contributed by atoms with Crippen LogP contribution in [0.15, 0.2) is 0 Å². The van der Waals surface area contributed by atoms with Crippen molar-refractivity contribution in [3.05, 3.63) is 0 Å². The summed E-state index contributed by atoms with van der Waals surface area (Å²) in [4.78, 5) is 10.6. The van der Waals surface area contributed by atoms with Crippen LogP contribution in [0.25, 0.3) is 0 Å². The number of carbonyl (C=O) groups is 1. The lowest BCUT2D eigenvalue weighted by atomic mass is 9.75. The van der Waals surface area contributed by atoms with E-state index in [9.17, 15) is 4.79 Å². The molecule has 0 N–H and O–H groups in total. The Morgan fingerprint density at radius 1 is 1.50 bits per heavy atom. The van der Waals surface area contributed by atoms with E-state index in [0.717, 1.165) is 13.0 Å². The highest BCUT2D eigenvalue weighted by Gasteiger charge is 2.43. The summed E-state index contributed by atoms with van der Waals surface area (Å²) in [6, 6.07) is 0. The molecule has 8 heavy (non-hydrogen) atoms. The fourth-order valence-electron chi connectivity index (χ4n) is 1.40. The van der Waals surface area contributed by atoms with Crippen molar-refractivity contribution in [3.63, 3.8) is 0 Å². The molecule has 2 aliphatic rings. The van der Waals surface area contributed by atoms with Gasteiger partial charge in [0.1, 0.15) is 5.78 Å². The van der Waals surface area contributed by atoms with Gasteiger partial charge in [0, 0.05) is 18.3 Å². The molecule has 1 saturated heterocycles. The Hall–Kier alpha value is -0.370. The second kappa shape index (κ2) is 1.32. The number of fused-ring (bicyclic) bond motifs is 1. The van der Waals surface area contributed by atoms with Crippen LogP contribution in [0.2, 0.25) is 0 Å². The molecule has 44 valence electrons. The normalized spacial score (nSPS) is 43.8. The molecule has 0 aromatic carbocycles. The topological polar surface area (TPSA) is 26.3 Å². The standard InChI is InChI=1S/C6H8O2/c7-6-1-4-2-8-3-5(4)6/h4-5H,1-3H2/t4-,5+/m1/s1. The average molecular weight is 112 g/mol. The van der Waals surface area contributed by atoms with Crippen molar-refractivity contribution in [2.75, 3.05) is 13.2 Å². The third-order valence-electron chi connectivity index (χ3n) is 2.08. The quantitative estimate of drug-likeness (QED) is 0.448. The van der Waals surface area contributed by atoms with E-state index >= 15 is 0 Å². The molecule has 2 rings (SSSR count). The fourth-order valence-corrected chi connectivity index (χ4v) is 1.40. The zero-order chi connectivity index (χ0) is 5.56. The maximum atomic E-state index is 10.6. The number of ketones is 1. The summed E-state index contributed by atoms with van der Waals surface area (Å²) < 4.78 is 5.08. The molecule has 0 amide bonds. The van der Waals surface area contributed by atoms with E-state index in [1.165, 1.54) is 0 Å². The predicted molar refractivity (Wildman–Crippen MR) is 27.4 cm³/mol. The van der Waals surface area contributed by atoms with E-state index in [0.29, 0.717) is 24.2 Å². The molecule has 0 bridgehead atoms. The van der Waals surface area contributed by atoms with Crippen LogP contribution in [0.1, 0.15) is 6.42 Å². The maximum Gasteiger partial charge on any atom is 0.139 e. The van der Waals surface area contributed by atoms with Gasteiger partial charge in [0.25, 0.3) is 0 Å². The van der Waals surface area contributed by atoms with Gasteiger partial charge in [0.05, 0.1) is 13.2 Å². The average Bonchev–Trinajstić information content (AvgIpc) is 2.09. The van der Waals surface area contributed by atoms with Crippen LogP contribution in [0.5, 0.6) is 0 Å². The zero-order valence-corrected chi connectivity index (χ0v) is 4.59. The van der Waals surface area contributed by atoms with Crippen molar-refractivity contribution in [2.45, 2.75) is 6.42 Å². The number of Topliss-reactive ketones (excluding diaryl/α,β-unsaturated/α-hetero) is 1. The highest BCUT2D eigenvalue weighted by atomic mass is 16.5. The molecule has 0 radical (unpaired) electrons. The zero-order valence-electron chi connectivity index (χ0n) is 4.59. The second-order valence-corrected chi connectivity index (χ2v) is 2.57. The van der Waals surface area contributed by atoms with Crippen LogP contribution in [0.3, 0.4) is 0 Å². The van der Waals surface area contributed by atoms with Gasteiger partial charge in [0.2, 0.25) is 0 Å². The van der Waals surface area contributed by atoms with Crippen molar-refractivity contribution in [1.82, 2.24) is 0 Å². The van der Waals surface area contributed by atoms with Gasteiger partial charge < -0.3 is 4.74 Å². The Bertz CT molecular complexity index is 130. The van der Waals surface area contributed by atoms with Gasteiger partial charge in [0.15, 0.2) is 0 Å². The van der Waals surface area contributed by atoms with E-state index in [-0.39, 0.29) is 0 Å². The Kier molecular flexibility index (Phi) is 0.742. The third kappa shape index (κ3) is 0.388. The van der Waals surface area contributed by atoms with Gasteiger partial charge in [-0.1, -0.05) is 0 Å². The molecule has 0 aromatic rings. The van der Waals surface area contributed by atoms with Crippen LogP contribution in [0, 0.1) is 11.8 Å². The van der Waals surface area contributed by atoms with Crippen molar-refractivity contribution >= 4 is 5.78 Å². The predicted octanol–water partition coefficient (Wildman–Crippen LogP) is 0.222. The minimum Gasteiger partial charge on any atom is -0.380 e. The van der Waals surface area contributed by atoms with E-state index in [2.05, 4.69) is 0 Å².